The molecule has 1 aromatic rings. The highest BCUT2D eigenvalue weighted by Crippen LogP contribution is 2.49. The van der Waals surface area contributed by atoms with Crippen LogP contribution in [0, 0.1) is 5.92 Å². The summed E-state index contributed by atoms with van der Waals surface area (Å²) in [5.41, 5.74) is 1.27. The largest absolute Gasteiger partial charge is 0.480 e. The normalized spacial score (nSPS) is 23.2. The van der Waals surface area contributed by atoms with Crippen LogP contribution in [0.4, 0.5) is 0 Å². The van der Waals surface area contributed by atoms with Crippen LogP contribution in [-0.4, -0.2) is 23.0 Å². The van der Waals surface area contributed by atoms with E-state index in [2.05, 4.69) is 17.4 Å². The second-order valence-corrected chi connectivity index (χ2v) is 4.84. The van der Waals surface area contributed by atoms with Gasteiger partial charge in [0, 0.05) is 6.42 Å². The molecule has 96 valence electrons. The van der Waals surface area contributed by atoms with E-state index in [4.69, 9.17) is 5.11 Å². The number of amides is 1. The molecule has 0 saturated heterocycles. The summed E-state index contributed by atoms with van der Waals surface area (Å²) in [4.78, 5) is 22.2. The molecule has 0 aromatic heterocycles. The standard InChI is InChI=1S/C14H17NO3/c1-9(14(17)18)15-13(16)8-11-7-12(11)10-5-3-2-4-6-10/h2-6,9,11-12H,7-8H2,1H3,(H,15,16)(H,17,18)/t9-,11-,12-/m0/s1. The average Bonchev–Trinajstić information content (AvgIpc) is 3.09. The first-order valence-corrected chi connectivity index (χ1v) is 6.15. The SMILES string of the molecule is C[C@H](NC(=O)C[C@@H]1C[C@H]1c1ccccc1)C(=O)O. The molecule has 18 heavy (non-hydrogen) atoms. The van der Waals surface area contributed by atoms with Crippen molar-refractivity contribution in [2.45, 2.75) is 31.7 Å². The molecule has 4 heteroatoms. The third kappa shape index (κ3) is 3.09. The summed E-state index contributed by atoms with van der Waals surface area (Å²) < 4.78 is 0. The maximum atomic E-state index is 11.6. The third-order valence-corrected chi connectivity index (χ3v) is 3.35. The number of benzene rings is 1. The van der Waals surface area contributed by atoms with E-state index in [1.54, 1.807) is 0 Å². The summed E-state index contributed by atoms with van der Waals surface area (Å²) in [7, 11) is 0. The molecule has 1 aromatic carbocycles. The summed E-state index contributed by atoms with van der Waals surface area (Å²) >= 11 is 0. The smallest absolute Gasteiger partial charge is 0.325 e. The molecule has 1 aliphatic carbocycles. The van der Waals surface area contributed by atoms with Gasteiger partial charge in [-0.05, 0) is 30.7 Å². The Kier molecular flexibility index (Phi) is 3.65. The molecule has 2 rings (SSSR count). The number of rotatable bonds is 5. The molecule has 0 spiro atoms. The van der Waals surface area contributed by atoms with Crippen molar-refractivity contribution in [3.8, 4) is 0 Å². The zero-order chi connectivity index (χ0) is 13.1. The predicted molar refractivity (Wildman–Crippen MR) is 67.1 cm³/mol. The summed E-state index contributed by atoms with van der Waals surface area (Å²) in [6.45, 7) is 1.47. The lowest BCUT2D eigenvalue weighted by Gasteiger charge is -2.08. The molecule has 1 amide bonds. The fourth-order valence-electron chi connectivity index (χ4n) is 2.18. The van der Waals surface area contributed by atoms with E-state index in [-0.39, 0.29) is 5.91 Å². The number of hydrogen-bond donors (Lipinski definition) is 2. The Morgan fingerprint density at radius 3 is 2.67 bits per heavy atom. The fraction of sp³-hybridized carbons (Fsp3) is 0.429. The van der Waals surface area contributed by atoms with Crippen molar-refractivity contribution in [2.75, 3.05) is 0 Å². The van der Waals surface area contributed by atoms with Gasteiger partial charge in [0.25, 0.3) is 0 Å². The van der Waals surface area contributed by atoms with Crippen molar-refractivity contribution in [2.24, 2.45) is 5.92 Å². The van der Waals surface area contributed by atoms with Gasteiger partial charge in [0.1, 0.15) is 6.04 Å². The van der Waals surface area contributed by atoms with E-state index in [1.165, 1.54) is 12.5 Å². The highest BCUT2D eigenvalue weighted by atomic mass is 16.4. The van der Waals surface area contributed by atoms with E-state index < -0.39 is 12.0 Å². The monoisotopic (exact) mass is 247 g/mol. The maximum absolute atomic E-state index is 11.6. The molecule has 0 aliphatic heterocycles. The molecule has 2 N–H and O–H groups in total. The Balaban J connectivity index is 1.80. The van der Waals surface area contributed by atoms with Crippen LogP contribution in [0.2, 0.25) is 0 Å². The molecule has 0 heterocycles. The van der Waals surface area contributed by atoms with Crippen LogP contribution >= 0.6 is 0 Å². The van der Waals surface area contributed by atoms with E-state index in [0.717, 1.165) is 6.42 Å². The average molecular weight is 247 g/mol. The van der Waals surface area contributed by atoms with E-state index in [9.17, 15) is 9.59 Å². The maximum Gasteiger partial charge on any atom is 0.325 e. The van der Waals surface area contributed by atoms with Crippen LogP contribution in [0.1, 0.15) is 31.2 Å². The van der Waals surface area contributed by atoms with Gasteiger partial charge in [0.2, 0.25) is 5.91 Å². The molecular weight excluding hydrogens is 230 g/mol. The van der Waals surface area contributed by atoms with Gasteiger partial charge in [0.05, 0.1) is 0 Å². The second kappa shape index (κ2) is 5.21. The number of aliphatic carboxylic acids is 1. The number of carboxylic acid groups (broad SMARTS) is 1. The quantitative estimate of drug-likeness (QED) is 0.833. The lowest BCUT2D eigenvalue weighted by atomic mass is 10.1. The topological polar surface area (TPSA) is 66.4 Å². The van der Waals surface area contributed by atoms with Crippen LogP contribution in [0.3, 0.4) is 0 Å². The summed E-state index contributed by atoms with van der Waals surface area (Å²) in [6.07, 6.45) is 1.43. The number of carboxylic acids is 1. The van der Waals surface area contributed by atoms with Crippen molar-refractivity contribution in [3.63, 3.8) is 0 Å². The van der Waals surface area contributed by atoms with Crippen LogP contribution in [0.5, 0.6) is 0 Å². The van der Waals surface area contributed by atoms with Gasteiger partial charge in [0.15, 0.2) is 0 Å². The molecule has 0 radical (unpaired) electrons. The van der Waals surface area contributed by atoms with E-state index >= 15 is 0 Å². The second-order valence-electron chi connectivity index (χ2n) is 4.84. The van der Waals surface area contributed by atoms with Crippen LogP contribution in [0.15, 0.2) is 30.3 Å². The lowest BCUT2D eigenvalue weighted by Crippen LogP contribution is -2.38. The first-order valence-electron chi connectivity index (χ1n) is 6.15. The van der Waals surface area contributed by atoms with Gasteiger partial charge in [-0.3, -0.25) is 9.59 Å². The van der Waals surface area contributed by atoms with Crippen LogP contribution in [0.25, 0.3) is 0 Å². The van der Waals surface area contributed by atoms with Crippen molar-refractivity contribution >= 4 is 11.9 Å². The minimum atomic E-state index is -1.00. The number of carbonyl (C=O) groups is 2. The first kappa shape index (κ1) is 12.6. The zero-order valence-corrected chi connectivity index (χ0v) is 10.3. The Labute approximate surface area is 106 Å². The van der Waals surface area contributed by atoms with Crippen LogP contribution < -0.4 is 5.32 Å². The lowest BCUT2D eigenvalue weighted by molar-refractivity contribution is -0.141. The van der Waals surface area contributed by atoms with Gasteiger partial charge < -0.3 is 10.4 Å². The Hall–Kier alpha value is -1.84. The highest BCUT2D eigenvalue weighted by Gasteiger charge is 2.39. The first-order chi connectivity index (χ1) is 8.58. The van der Waals surface area contributed by atoms with Gasteiger partial charge in [-0.15, -0.1) is 0 Å². The Morgan fingerprint density at radius 2 is 2.06 bits per heavy atom. The van der Waals surface area contributed by atoms with E-state index in [0.29, 0.717) is 18.3 Å². The summed E-state index contributed by atoms with van der Waals surface area (Å²) in [5.74, 6) is -0.363. The molecule has 1 aliphatic rings. The molecule has 1 saturated carbocycles. The summed E-state index contributed by atoms with van der Waals surface area (Å²) in [5, 5.41) is 11.2. The minimum Gasteiger partial charge on any atom is -0.480 e. The Bertz CT molecular complexity index is 444. The van der Waals surface area contributed by atoms with Gasteiger partial charge >= 0.3 is 5.97 Å². The molecule has 1 fully saturated rings. The number of hydrogen-bond acceptors (Lipinski definition) is 2. The molecule has 0 bridgehead atoms. The number of nitrogens with one attached hydrogen (secondary N) is 1. The van der Waals surface area contributed by atoms with Crippen molar-refractivity contribution < 1.29 is 14.7 Å². The van der Waals surface area contributed by atoms with Gasteiger partial charge in [-0.25, -0.2) is 0 Å². The predicted octanol–water partition coefficient (Wildman–Crippen LogP) is 1.77. The zero-order valence-electron chi connectivity index (χ0n) is 10.3. The molecule has 3 atom stereocenters. The highest BCUT2D eigenvalue weighted by molar-refractivity contribution is 5.83. The molecular formula is C14H17NO3. The van der Waals surface area contributed by atoms with Crippen molar-refractivity contribution in [1.29, 1.82) is 0 Å². The van der Waals surface area contributed by atoms with Crippen molar-refractivity contribution in [1.82, 2.24) is 5.32 Å². The number of carbonyl (C=O) groups excluding carboxylic acids is 1. The minimum absolute atomic E-state index is 0.173. The Morgan fingerprint density at radius 1 is 1.39 bits per heavy atom. The van der Waals surface area contributed by atoms with E-state index in [1.807, 2.05) is 18.2 Å². The van der Waals surface area contributed by atoms with Gasteiger partial charge in [-0.1, -0.05) is 30.3 Å². The molecule has 0 unspecified atom stereocenters. The summed E-state index contributed by atoms with van der Waals surface area (Å²) in [6, 6.07) is 9.30. The van der Waals surface area contributed by atoms with Gasteiger partial charge in [-0.2, -0.15) is 0 Å². The third-order valence-electron chi connectivity index (χ3n) is 3.35. The fourth-order valence-corrected chi connectivity index (χ4v) is 2.18. The molecule has 4 nitrogen and oxygen atoms in total. The van der Waals surface area contributed by atoms with Crippen molar-refractivity contribution in [3.05, 3.63) is 35.9 Å². The van der Waals surface area contributed by atoms with Crippen LogP contribution in [-0.2, 0) is 9.59 Å².